The Labute approximate surface area is 104 Å². The van der Waals surface area contributed by atoms with E-state index in [1.807, 2.05) is 20.8 Å². The molecular formula is C12H12ClNO3. The lowest BCUT2D eigenvalue weighted by molar-refractivity contribution is -0.112. The molecule has 0 spiro atoms. The summed E-state index contributed by atoms with van der Waals surface area (Å²) in [6.07, 6.45) is 0. The molecule has 1 heterocycles. The van der Waals surface area contributed by atoms with Gasteiger partial charge in [-0.05, 0) is 26.8 Å². The summed E-state index contributed by atoms with van der Waals surface area (Å²) >= 11 is 5.90. The van der Waals surface area contributed by atoms with Crippen LogP contribution in [0.15, 0.2) is 12.1 Å². The zero-order valence-electron chi connectivity index (χ0n) is 9.76. The number of halogens is 1. The number of Topliss-reactive ketones (excluding diaryl/α,β-unsaturated/α-hetero) is 1. The second-order valence-corrected chi connectivity index (χ2v) is 5.26. The fourth-order valence-corrected chi connectivity index (χ4v) is 1.80. The van der Waals surface area contributed by atoms with Crippen molar-refractivity contribution in [3.05, 3.63) is 22.7 Å². The second-order valence-electron chi connectivity index (χ2n) is 4.82. The van der Waals surface area contributed by atoms with Crippen molar-refractivity contribution >= 4 is 29.0 Å². The van der Waals surface area contributed by atoms with Gasteiger partial charge in [0.05, 0.1) is 11.3 Å². The van der Waals surface area contributed by atoms with Crippen LogP contribution < -0.4 is 10.1 Å². The first-order valence-electron chi connectivity index (χ1n) is 5.16. The topological polar surface area (TPSA) is 55.4 Å². The van der Waals surface area contributed by atoms with Gasteiger partial charge in [0.25, 0.3) is 11.7 Å². The van der Waals surface area contributed by atoms with E-state index in [0.717, 1.165) is 0 Å². The van der Waals surface area contributed by atoms with E-state index in [9.17, 15) is 9.59 Å². The molecule has 1 amide bonds. The second kappa shape index (κ2) is 3.74. The van der Waals surface area contributed by atoms with Crippen molar-refractivity contribution in [2.45, 2.75) is 26.4 Å². The predicted molar refractivity (Wildman–Crippen MR) is 64.8 cm³/mol. The fourth-order valence-electron chi connectivity index (χ4n) is 1.59. The molecule has 5 heteroatoms. The standard InChI is InChI=1S/C12H12ClNO3/c1-12(2,3)17-8-5-6(13)4-7-9(8)14-11(16)10(7)15/h4-5H,1-3H3,(H,14,15,16). The van der Waals surface area contributed by atoms with Gasteiger partial charge < -0.3 is 10.1 Å². The number of rotatable bonds is 1. The molecule has 0 aliphatic carbocycles. The number of fused-ring (bicyclic) bond motifs is 1. The van der Waals surface area contributed by atoms with Gasteiger partial charge in [-0.3, -0.25) is 9.59 Å². The zero-order valence-corrected chi connectivity index (χ0v) is 10.5. The van der Waals surface area contributed by atoms with Gasteiger partial charge in [-0.2, -0.15) is 0 Å². The number of carbonyl (C=O) groups is 2. The van der Waals surface area contributed by atoms with E-state index in [0.29, 0.717) is 16.5 Å². The van der Waals surface area contributed by atoms with Crippen LogP contribution in [0.4, 0.5) is 5.69 Å². The number of carbonyl (C=O) groups excluding carboxylic acids is 2. The molecule has 0 radical (unpaired) electrons. The average molecular weight is 254 g/mol. The van der Waals surface area contributed by atoms with Crippen molar-refractivity contribution in [1.82, 2.24) is 0 Å². The molecule has 0 saturated heterocycles. The van der Waals surface area contributed by atoms with Crippen LogP contribution in [0, 0.1) is 0 Å². The highest BCUT2D eigenvalue weighted by Crippen LogP contribution is 2.37. The van der Waals surface area contributed by atoms with Crippen molar-refractivity contribution in [2.24, 2.45) is 0 Å². The molecule has 0 unspecified atom stereocenters. The van der Waals surface area contributed by atoms with Gasteiger partial charge in [0.15, 0.2) is 0 Å². The summed E-state index contributed by atoms with van der Waals surface area (Å²) in [6, 6.07) is 3.05. The lowest BCUT2D eigenvalue weighted by Gasteiger charge is -2.22. The highest BCUT2D eigenvalue weighted by molar-refractivity contribution is 6.52. The maximum Gasteiger partial charge on any atom is 0.296 e. The van der Waals surface area contributed by atoms with Crippen LogP contribution in [-0.2, 0) is 4.79 Å². The largest absolute Gasteiger partial charge is 0.486 e. The van der Waals surface area contributed by atoms with Crippen LogP contribution in [0.2, 0.25) is 5.02 Å². The zero-order chi connectivity index (χ0) is 12.8. The highest BCUT2D eigenvalue weighted by atomic mass is 35.5. The minimum atomic E-state index is -0.652. The van der Waals surface area contributed by atoms with Crippen LogP contribution >= 0.6 is 11.6 Å². The van der Waals surface area contributed by atoms with Gasteiger partial charge >= 0.3 is 0 Å². The molecular weight excluding hydrogens is 242 g/mol. The molecule has 2 rings (SSSR count). The number of anilines is 1. The molecule has 0 atom stereocenters. The number of hydrogen-bond acceptors (Lipinski definition) is 3. The first-order chi connectivity index (χ1) is 7.78. The Bertz CT molecular complexity index is 517. The van der Waals surface area contributed by atoms with Gasteiger partial charge in [0.1, 0.15) is 11.4 Å². The van der Waals surface area contributed by atoms with E-state index in [4.69, 9.17) is 16.3 Å². The summed E-state index contributed by atoms with van der Waals surface area (Å²) in [6.45, 7) is 5.62. The Morgan fingerprint density at radius 2 is 1.88 bits per heavy atom. The molecule has 4 nitrogen and oxygen atoms in total. The Hall–Kier alpha value is -1.55. The minimum absolute atomic E-state index is 0.266. The lowest BCUT2D eigenvalue weighted by Crippen LogP contribution is -2.23. The summed E-state index contributed by atoms with van der Waals surface area (Å²) in [7, 11) is 0. The van der Waals surface area contributed by atoms with E-state index in [2.05, 4.69) is 5.32 Å². The van der Waals surface area contributed by atoms with Gasteiger partial charge in [-0.1, -0.05) is 11.6 Å². The summed E-state index contributed by atoms with van der Waals surface area (Å²) in [5, 5.41) is 2.86. The quantitative estimate of drug-likeness (QED) is 0.783. The number of benzene rings is 1. The van der Waals surface area contributed by atoms with Gasteiger partial charge in [0, 0.05) is 11.1 Å². The normalized spacial score (nSPS) is 14.6. The van der Waals surface area contributed by atoms with Crippen molar-refractivity contribution in [3.63, 3.8) is 0 Å². The molecule has 0 aromatic heterocycles. The minimum Gasteiger partial charge on any atom is -0.486 e. The van der Waals surface area contributed by atoms with Crippen molar-refractivity contribution in [1.29, 1.82) is 0 Å². The van der Waals surface area contributed by atoms with Crippen molar-refractivity contribution < 1.29 is 14.3 Å². The van der Waals surface area contributed by atoms with E-state index in [1.54, 1.807) is 6.07 Å². The van der Waals surface area contributed by atoms with E-state index in [-0.39, 0.29) is 5.56 Å². The number of hydrogen-bond donors (Lipinski definition) is 1. The summed E-state index contributed by atoms with van der Waals surface area (Å²) in [5.74, 6) is -0.818. The number of amides is 1. The Morgan fingerprint density at radius 3 is 2.47 bits per heavy atom. The molecule has 90 valence electrons. The Kier molecular flexibility index (Phi) is 2.62. The Balaban J connectivity index is 2.52. The summed E-state index contributed by atoms with van der Waals surface area (Å²) in [4.78, 5) is 22.8. The molecule has 1 aliphatic heterocycles. The van der Waals surface area contributed by atoms with Crippen LogP contribution in [0.1, 0.15) is 31.1 Å². The smallest absolute Gasteiger partial charge is 0.296 e. The molecule has 0 fully saturated rings. The maximum absolute atomic E-state index is 11.5. The maximum atomic E-state index is 11.5. The van der Waals surface area contributed by atoms with E-state index in [1.165, 1.54) is 6.07 Å². The molecule has 1 N–H and O–H groups in total. The first kappa shape index (κ1) is 11.9. The lowest BCUT2D eigenvalue weighted by atomic mass is 10.1. The third kappa shape index (κ3) is 2.26. The van der Waals surface area contributed by atoms with Gasteiger partial charge in [-0.25, -0.2) is 0 Å². The SMILES string of the molecule is CC(C)(C)Oc1cc(Cl)cc2c1NC(=O)C2=O. The molecule has 1 aromatic rings. The monoisotopic (exact) mass is 253 g/mol. The fraction of sp³-hybridized carbons (Fsp3) is 0.333. The van der Waals surface area contributed by atoms with E-state index >= 15 is 0 Å². The van der Waals surface area contributed by atoms with E-state index < -0.39 is 17.3 Å². The van der Waals surface area contributed by atoms with Crippen LogP contribution in [0.25, 0.3) is 0 Å². The Morgan fingerprint density at radius 1 is 1.24 bits per heavy atom. The first-order valence-corrected chi connectivity index (χ1v) is 5.54. The highest BCUT2D eigenvalue weighted by Gasteiger charge is 2.32. The van der Waals surface area contributed by atoms with Crippen LogP contribution in [-0.4, -0.2) is 17.3 Å². The van der Waals surface area contributed by atoms with Gasteiger partial charge in [-0.15, -0.1) is 0 Å². The summed E-state index contributed by atoms with van der Waals surface area (Å²) in [5.41, 5.74) is 0.232. The van der Waals surface area contributed by atoms with Gasteiger partial charge in [0.2, 0.25) is 0 Å². The van der Waals surface area contributed by atoms with Crippen molar-refractivity contribution in [3.8, 4) is 5.75 Å². The number of nitrogens with one attached hydrogen (secondary N) is 1. The molecule has 1 aliphatic rings. The number of ether oxygens (including phenoxy) is 1. The molecule has 0 bridgehead atoms. The molecule has 1 aromatic carbocycles. The predicted octanol–water partition coefficient (Wildman–Crippen LogP) is 2.65. The average Bonchev–Trinajstić information content (AvgIpc) is 2.43. The van der Waals surface area contributed by atoms with Crippen molar-refractivity contribution in [2.75, 3.05) is 5.32 Å². The molecule has 0 saturated carbocycles. The van der Waals surface area contributed by atoms with Crippen LogP contribution in [0.5, 0.6) is 5.75 Å². The molecule has 17 heavy (non-hydrogen) atoms. The third-order valence-electron chi connectivity index (χ3n) is 2.17. The third-order valence-corrected chi connectivity index (χ3v) is 2.39. The number of ketones is 1. The van der Waals surface area contributed by atoms with Crippen LogP contribution in [0.3, 0.4) is 0 Å². The summed E-state index contributed by atoms with van der Waals surface area (Å²) < 4.78 is 5.67.